The second kappa shape index (κ2) is 9.20. The van der Waals surface area contributed by atoms with Crippen LogP contribution in [0.25, 0.3) is 0 Å². The number of hydrogen-bond donors (Lipinski definition) is 1. The Morgan fingerprint density at radius 2 is 1.52 bits per heavy atom. The van der Waals surface area contributed by atoms with Crippen molar-refractivity contribution in [3.63, 3.8) is 0 Å². The molecule has 1 N–H and O–H groups in total. The molecule has 0 bridgehead atoms. The Bertz CT molecular complexity index is 1180. The van der Waals surface area contributed by atoms with Gasteiger partial charge in [-0.2, -0.15) is 8.78 Å². The fraction of sp³-hybridized carbons (Fsp3) is 0.160. The Hall–Kier alpha value is -4.07. The topological polar surface area (TPSA) is 75.7 Å². The molecule has 4 rings (SSSR count). The lowest BCUT2D eigenvalue weighted by Crippen LogP contribution is -2.53. The van der Waals surface area contributed by atoms with Crippen molar-refractivity contribution in [1.82, 2.24) is 10.2 Å². The molecule has 0 atom stereocenters. The molecule has 0 saturated carbocycles. The van der Waals surface area contributed by atoms with E-state index in [0.29, 0.717) is 22.8 Å². The van der Waals surface area contributed by atoms with Crippen LogP contribution in [0, 0.1) is 0 Å². The van der Waals surface area contributed by atoms with Crippen LogP contribution < -0.4 is 10.1 Å². The van der Waals surface area contributed by atoms with Crippen molar-refractivity contribution >= 4 is 17.7 Å². The molecule has 0 spiro atoms. The van der Waals surface area contributed by atoms with Crippen molar-refractivity contribution in [2.24, 2.45) is 0 Å². The molecule has 6 nitrogen and oxygen atoms in total. The number of fused-ring (bicyclic) bond motifs is 1. The van der Waals surface area contributed by atoms with Gasteiger partial charge in [0.15, 0.2) is 0 Å². The average Bonchev–Trinajstić information content (AvgIpc) is 2.83. The van der Waals surface area contributed by atoms with E-state index in [1.807, 2.05) is 42.5 Å². The highest BCUT2D eigenvalue weighted by Gasteiger charge is 2.52. The minimum atomic E-state index is -3.87. The molecule has 8 heteroatoms. The highest BCUT2D eigenvalue weighted by Crippen LogP contribution is 2.37. The molecular formula is C25H20F2N2O4. The van der Waals surface area contributed by atoms with E-state index in [-0.39, 0.29) is 12.1 Å². The zero-order valence-electron chi connectivity index (χ0n) is 17.5. The van der Waals surface area contributed by atoms with Crippen LogP contribution in [0.5, 0.6) is 11.5 Å². The first-order valence-electron chi connectivity index (χ1n) is 10.3. The molecule has 0 fully saturated rings. The van der Waals surface area contributed by atoms with Crippen LogP contribution in [0.3, 0.4) is 0 Å². The minimum Gasteiger partial charge on any atom is -0.457 e. The van der Waals surface area contributed by atoms with E-state index in [9.17, 15) is 23.2 Å². The van der Waals surface area contributed by atoms with Crippen LogP contribution in [-0.4, -0.2) is 35.7 Å². The van der Waals surface area contributed by atoms with Gasteiger partial charge in [0.25, 0.3) is 5.91 Å². The summed E-state index contributed by atoms with van der Waals surface area (Å²) in [6, 6.07) is 21.6. The summed E-state index contributed by atoms with van der Waals surface area (Å²) in [4.78, 5) is 37.2. The molecule has 1 aliphatic rings. The number of hydrogen-bond acceptors (Lipinski definition) is 4. The minimum absolute atomic E-state index is 0.209. The molecular weight excluding hydrogens is 430 g/mol. The first-order chi connectivity index (χ1) is 15.9. The van der Waals surface area contributed by atoms with E-state index >= 15 is 0 Å². The molecule has 3 amide bonds. The van der Waals surface area contributed by atoms with Crippen molar-refractivity contribution in [2.75, 3.05) is 13.1 Å². The maximum Gasteiger partial charge on any atom is 0.351 e. The largest absolute Gasteiger partial charge is 0.457 e. The number of imide groups is 1. The molecule has 3 aromatic rings. The third kappa shape index (κ3) is 4.74. The van der Waals surface area contributed by atoms with Crippen molar-refractivity contribution in [3.8, 4) is 11.5 Å². The summed E-state index contributed by atoms with van der Waals surface area (Å²) in [6.07, 6.45) is 0.470. The summed E-state index contributed by atoms with van der Waals surface area (Å²) >= 11 is 0. The summed E-state index contributed by atoms with van der Waals surface area (Å²) in [5.41, 5.74) is -0.00893. The Labute approximate surface area is 188 Å². The Balaban J connectivity index is 1.31. The van der Waals surface area contributed by atoms with Crippen LogP contribution in [0.2, 0.25) is 0 Å². The smallest absolute Gasteiger partial charge is 0.351 e. The number of benzene rings is 3. The Morgan fingerprint density at radius 1 is 0.879 bits per heavy atom. The van der Waals surface area contributed by atoms with E-state index < -0.39 is 35.8 Å². The summed E-state index contributed by atoms with van der Waals surface area (Å²) in [7, 11) is 0. The first kappa shape index (κ1) is 22.1. The van der Waals surface area contributed by atoms with E-state index in [2.05, 4.69) is 5.32 Å². The Morgan fingerprint density at radius 3 is 2.24 bits per heavy atom. The molecule has 33 heavy (non-hydrogen) atoms. The van der Waals surface area contributed by atoms with Crippen molar-refractivity contribution in [2.45, 2.75) is 12.3 Å². The van der Waals surface area contributed by atoms with E-state index in [1.54, 1.807) is 12.1 Å². The summed E-state index contributed by atoms with van der Waals surface area (Å²) in [6.45, 7) is -0.563. The highest BCUT2D eigenvalue weighted by molar-refractivity contribution is 6.13. The van der Waals surface area contributed by atoms with Gasteiger partial charge >= 0.3 is 11.8 Å². The number of amides is 3. The zero-order valence-corrected chi connectivity index (χ0v) is 17.5. The van der Waals surface area contributed by atoms with Crippen LogP contribution >= 0.6 is 0 Å². The summed E-state index contributed by atoms with van der Waals surface area (Å²) in [5, 5.41) is 2.56. The average molecular weight is 450 g/mol. The van der Waals surface area contributed by atoms with Crippen molar-refractivity contribution in [1.29, 1.82) is 0 Å². The fourth-order valence-corrected chi connectivity index (χ4v) is 3.50. The number of rotatable bonds is 7. The maximum absolute atomic E-state index is 14.4. The lowest BCUT2D eigenvalue weighted by atomic mass is 9.95. The van der Waals surface area contributed by atoms with E-state index in [0.717, 1.165) is 11.6 Å². The van der Waals surface area contributed by atoms with Crippen LogP contribution in [0.4, 0.5) is 8.78 Å². The third-order valence-corrected chi connectivity index (χ3v) is 5.19. The number of nitrogens with zero attached hydrogens (tertiary/aromatic N) is 1. The molecule has 0 unspecified atom stereocenters. The second-order valence-corrected chi connectivity index (χ2v) is 7.48. The van der Waals surface area contributed by atoms with Crippen molar-refractivity contribution < 1.29 is 27.9 Å². The summed E-state index contributed by atoms with van der Waals surface area (Å²) < 4.78 is 34.6. The normalized spacial score (nSPS) is 14.5. The molecule has 3 aromatic carbocycles. The van der Waals surface area contributed by atoms with Gasteiger partial charge in [0.2, 0.25) is 5.91 Å². The molecule has 1 heterocycles. The third-order valence-electron chi connectivity index (χ3n) is 5.19. The molecule has 1 aliphatic heterocycles. The lowest BCUT2D eigenvalue weighted by Gasteiger charge is -2.31. The molecule has 0 radical (unpaired) electrons. The van der Waals surface area contributed by atoms with Crippen LogP contribution in [0.15, 0.2) is 78.9 Å². The van der Waals surface area contributed by atoms with Gasteiger partial charge in [-0.25, -0.2) is 0 Å². The lowest BCUT2D eigenvalue weighted by molar-refractivity contribution is -0.158. The standard InChI is InChI=1S/C25H20F2N2O4/c26-25(27)21-9-5-4-8-20(21)23(31)29(24(25)32)16-22(30)28-15-14-17-10-12-19(13-11-17)33-18-6-2-1-3-7-18/h1-13H,14-16H2,(H,28,30). The number of ether oxygens (including phenoxy) is 1. The first-order valence-corrected chi connectivity index (χ1v) is 10.3. The number of carbonyl (C=O) groups excluding carboxylic acids is 3. The number of nitrogens with one attached hydrogen (secondary N) is 1. The van der Waals surface area contributed by atoms with Gasteiger partial charge in [-0.15, -0.1) is 0 Å². The van der Waals surface area contributed by atoms with Crippen molar-refractivity contribution in [3.05, 3.63) is 95.6 Å². The predicted molar refractivity (Wildman–Crippen MR) is 116 cm³/mol. The summed E-state index contributed by atoms with van der Waals surface area (Å²) in [5.74, 6) is -5.80. The molecule has 0 aromatic heterocycles. The number of alkyl halides is 2. The van der Waals surface area contributed by atoms with Gasteiger partial charge in [0, 0.05) is 17.7 Å². The van der Waals surface area contributed by atoms with E-state index in [4.69, 9.17) is 4.74 Å². The zero-order chi connectivity index (χ0) is 23.4. The second-order valence-electron chi connectivity index (χ2n) is 7.48. The van der Waals surface area contributed by atoms with Crippen LogP contribution in [-0.2, 0) is 21.9 Å². The number of carbonyl (C=O) groups is 3. The molecule has 0 aliphatic carbocycles. The fourth-order valence-electron chi connectivity index (χ4n) is 3.50. The predicted octanol–water partition coefficient (Wildman–Crippen LogP) is 3.91. The quantitative estimate of drug-likeness (QED) is 0.554. The highest BCUT2D eigenvalue weighted by atomic mass is 19.3. The maximum atomic E-state index is 14.4. The van der Waals surface area contributed by atoms with Gasteiger partial charge in [-0.05, 0) is 42.3 Å². The number of para-hydroxylation sites is 1. The van der Waals surface area contributed by atoms with Gasteiger partial charge in [-0.1, -0.05) is 48.5 Å². The van der Waals surface area contributed by atoms with E-state index in [1.165, 1.54) is 18.2 Å². The van der Waals surface area contributed by atoms with Gasteiger partial charge < -0.3 is 10.1 Å². The Kier molecular flexibility index (Phi) is 6.17. The number of halogens is 2. The molecule has 0 saturated heterocycles. The molecule has 168 valence electrons. The van der Waals surface area contributed by atoms with Gasteiger partial charge in [0.05, 0.1) is 0 Å². The monoisotopic (exact) mass is 450 g/mol. The SMILES string of the molecule is O=C(CN1C(=O)c2ccccc2C(F)(F)C1=O)NCCc1ccc(Oc2ccccc2)cc1. The van der Waals surface area contributed by atoms with Gasteiger partial charge in [0.1, 0.15) is 18.0 Å². The van der Waals surface area contributed by atoms with Crippen LogP contribution in [0.1, 0.15) is 21.5 Å². The van der Waals surface area contributed by atoms with Gasteiger partial charge in [-0.3, -0.25) is 19.3 Å².